The lowest BCUT2D eigenvalue weighted by molar-refractivity contribution is -0.179. The third-order valence-corrected chi connectivity index (χ3v) is 3.22. The van der Waals surface area contributed by atoms with Gasteiger partial charge in [0.15, 0.2) is 5.60 Å². The lowest BCUT2D eigenvalue weighted by atomic mass is 9.78. The zero-order chi connectivity index (χ0) is 8.82. The van der Waals surface area contributed by atoms with E-state index in [0.29, 0.717) is 6.42 Å². The molecule has 1 heterocycles. The summed E-state index contributed by atoms with van der Waals surface area (Å²) in [6, 6.07) is 0. The van der Waals surface area contributed by atoms with Gasteiger partial charge in [-0.25, -0.2) is 4.79 Å². The van der Waals surface area contributed by atoms with E-state index in [1.54, 1.807) is 6.92 Å². The van der Waals surface area contributed by atoms with E-state index in [1.165, 1.54) is 6.42 Å². The van der Waals surface area contributed by atoms with Crippen LogP contribution >= 0.6 is 0 Å². The van der Waals surface area contributed by atoms with Gasteiger partial charge in [0.2, 0.25) is 0 Å². The molecular formula is C9H14O3. The van der Waals surface area contributed by atoms with E-state index >= 15 is 0 Å². The molecule has 1 saturated heterocycles. The fourth-order valence-corrected chi connectivity index (χ4v) is 2.12. The zero-order valence-electron chi connectivity index (χ0n) is 7.30. The molecule has 12 heavy (non-hydrogen) atoms. The Kier molecular flexibility index (Phi) is 1.49. The van der Waals surface area contributed by atoms with Gasteiger partial charge in [0.05, 0.1) is 5.60 Å². The molecule has 0 bridgehead atoms. The Morgan fingerprint density at radius 3 is 2.25 bits per heavy atom. The predicted octanol–water partition coefficient (Wildman–Crippen LogP) is 1.56. The quantitative estimate of drug-likeness (QED) is 0.649. The summed E-state index contributed by atoms with van der Waals surface area (Å²) in [6.45, 7) is 1.68. The van der Waals surface area contributed by atoms with E-state index in [-0.39, 0.29) is 5.60 Å². The molecule has 1 spiro atoms. The molecule has 0 amide bonds. The normalized spacial score (nSPS) is 38.1. The first-order valence-electron chi connectivity index (χ1n) is 4.50. The zero-order valence-corrected chi connectivity index (χ0v) is 7.30. The molecule has 2 rings (SSSR count). The summed E-state index contributed by atoms with van der Waals surface area (Å²) in [4.78, 5) is 10.8. The Morgan fingerprint density at radius 2 is 2.00 bits per heavy atom. The van der Waals surface area contributed by atoms with Gasteiger partial charge < -0.3 is 9.84 Å². The smallest absolute Gasteiger partial charge is 0.335 e. The van der Waals surface area contributed by atoms with Crippen molar-refractivity contribution in [3.8, 4) is 0 Å². The van der Waals surface area contributed by atoms with E-state index in [2.05, 4.69) is 0 Å². The molecule has 3 heteroatoms. The minimum Gasteiger partial charge on any atom is -0.479 e. The number of aliphatic carboxylic acids is 1. The summed E-state index contributed by atoms with van der Waals surface area (Å²) >= 11 is 0. The summed E-state index contributed by atoms with van der Waals surface area (Å²) in [5, 5.41) is 8.90. The molecule has 0 aromatic heterocycles. The third-order valence-electron chi connectivity index (χ3n) is 3.22. The van der Waals surface area contributed by atoms with Crippen molar-refractivity contribution < 1.29 is 14.6 Å². The van der Waals surface area contributed by atoms with Crippen LogP contribution in [0.15, 0.2) is 0 Å². The number of hydrogen-bond acceptors (Lipinski definition) is 2. The SMILES string of the molecule is CC1(C(=O)O)CCC2(CCC2)O1. The highest BCUT2D eigenvalue weighted by molar-refractivity contribution is 5.77. The average molecular weight is 170 g/mol. The van der Waals surface area contributed by atoms with Crippen LogP contribution in [0.4, 0.5) is 0 Å². The molecule has 1 aliphatic heterocycles. The Labute approximate surface area is 71.7 Å². The number of carboxylic acids is 1. The summed E-state index contributed by atoms with van der Waals surface area (Å²) < 4.78 is 5.63. The molecular weight excluding hydrogens is 156 g/mol. The Bertz CT molecular complexity index is 220. The van der Waals surface area contributed by atoms with E-state index in [1.807, 2.05) is 0 Å². The van der Waals surface area contributed by atoms with Crippen LogP contribution in [-0.4, -0.2) is 22.3 Å². The fraction of sp³-hybridized carbons (Fsp3) is 0.889. The molecule has 0 aromatic rings. The van der Waals surface area contributed by atoms with Crippen molar-refractivity contribution in [1.29, 1.82) is 0 Å². The standard InChI is InChI=1S/C9H14O3/c1-8(7(10)11)5-6-9(12-8)3-2-4-9/h2-6H2,1H3,(H,10,11). The topological polar surface area (TPSA) is 46.5 Å². The highest BCUT2D eigenvalue weighted by Gasteiger charge is 2.53. The van der Waals surface area contributed by atoms with Crippen molar-refractivity contribution in [3.63, 3.8) is 0 Å². The highest BCUT2D eigenvalue weighted by atomic mass is 16.6. The minimum absolute atomic E-state index is 0.0485. The summed E-state index contributed by atoms with van der Waals surface area (Å²) in [5.74, 6) is -0.814. The van der Waals surface area contributed by atoms with Crippen molar-refractivity contribution in [2.75, 3.05) is 0 Å². The maximum Gasteiger partial charge on any atom is 0.335 e. The molecule has 0 aromatic carbocycles. The van der Waals surface area contributed by atoms with E-state index in [9.17, 15) is 4.79 Å². The van der Waals surface area contributed by atoms with Crippen molar-refractivity contribution in [2.45, 2.75) is 50.2 Å². The van der Waals surface area contributed by atoms with Crippen LogP contribution in [0.5, 0.6) is 0 Å². The first-order chi connectivity index (χ1) is 5.56. The van der Waals surface area contributed by atoms with Crippen LogP contribution < -0.4 is 0 Å². The van der Waals surface area contributed by atoms with Crippen molar-refractivity contribution >= 4 is 5.97 Å². The van der Waals surface area contributed by atoms with Gasteiger partial charge in [-0.2, -0.15) is 0 Å². The van der Waals surface area contributed by atoms with E-state index in [0.717, 1.165) is 19.3 Å². The van der Waals surface area contributed by atoms with E-state index < -0.39 is 11.6 Å². The molecule has 1 N–H and O–H groups in total. The van der Waals surface area contributed by atoms with Gasteiger partial charge in [-0.15, -0.1) is 0 Å². The summed E-state index contributed by atoms with van der Waals surface area (Å²) in [6.07, 6.45) is 4.89. The number of carboxylic acid groups (broad SMARTS) is 1. The van der Waals surface area contributed by atoms with Gasteiger partial charge in [-0.1, -0.05) is 0 Å². The molecule has 68 valence electrons. The van der Waals surface area contributed by atoms with Crippen LogP contribution in [-0.2, 0) is 9.53 Å². The number of carbonyl (C=O) groups is 1. The lowest BCUT2D eigenvalue weighted by Crippen LogP contribution is -2.43. The average Bonchev–Trinajstić information content (AvgIpc) is 2.28. The van der Waals surface area contributed by atoms with Gasteiger partial charge in [0.1, 0.15) is 0 Å². The Morgan fingerprint density at radius 1 is 1.33 bits per heavy atom. The fourth-order valence-electron chi connectivity index (χ4n) is 2.12. The molecule has 3 nitrogen and oxygen atoms in total. The summed E-state index contributed by atoms with van der Waals surface area (Å²) in [5.41, 5.74) is -0.951. The molecule has 1 aliphatic carbocycles. The second-order valence-corrected chi connectivity index (χ2v) is 4.17. The van der Waals surface area contributed by atoms with Crippen LogP contribution in [0.25, 0.3) is 0 Å². The minimum atomic E-state index is -0.902. The van der Waals surface area contributed by atoms with Crippen LogP contribution in [0.3, 0.4) is 0 Å². The summed E-state index contributed by atoms with van der Waals surface area (Å²) in [7, 11) is 0. The molecule has 2 aliphatic rings. The highest BCUT2D eigenvalue weighted by Crippen LogP contribution is 2.49. The second kappa shape index (κ2) is 2.22. The van der Waals surface area contributed by atoms with Gasteiger partial charge in [0, 0.05) is 0 Å². The van der Waals surface area contributed by atoms with Gasteiger partial charge in [-0.3, -0.25) is 0 Å². The number of hydrogen-bond donors (Lipinski definition) is 1. The number of rotatable bonds is 1. The molecule has 1 saturated carbocycles. The van der Waals surface area contributed by atoms with Crippen LogP contribution in [0, 0.1) is 0 Å². The van der Waals surface area contributed by atoms with Gasteiger partial charge >= 0.3 is 5.97 Å². The first kappa shape index (κ1) is 8.05. The van der Waals surface area contributed by atoms with Crippen molar-refractivity contribution in [1.82, 2.24) is 0 Å². The first-order valence-corrected chi connectivity index (χ1v) is 4.50. The van der Waals surface area contributed by atoms with E-state index in [4.69, 9.17) is 9.84 Å². The third kappa shape index (κ3) is 0.959. The molecule has 0 radical (unpaired) electrons. The lowest BCUT2D eigenvalue weighted by Gasteiger charge is -2.39. The Balaban J connectivity index is 2.10. The van der Waals surface area contributed by atoms with Crippen molar-refractivity contribution in [3.05, 3.63) is 0 Å². The molecule has 1 atom stereocenters. The van der Waals surface area contributed by atoms with Gasteiger partial charge in [-0.05, 0) is 39.0 Å². The van der Waals surface area contributed by atoms with Crippen LogP contribution in [0.2, 0.25) is 0 Å². The largest absolute Gasteiger partial charge is 0.479 e. The van der Waals surface area contributed by atoms with Crippen LogP contribution in [0.1, 0.15) is 39.0 Å². The maximum absolute atomic E-state index is 10.8. The molecule has 2 fully saturated rings. The monoisotopic (exact) mass is 170 g/mol. The second-order valence-electron chi connectivity index (χ2n) is 4.17. The maximum atomic E-state index is 10.8. The predicted molar refractivity (Wildman–Crippen MR) is 42.9 cm³/mol. The van der Waals surface area contributed by atoms with Crippen molar-refractivity contribution in [2.24, 2.45) is 0 Å². The Hall–Kier alpha value is -0.570. The van der Waals surface area contributed by atoms with Gasteiger partial charge in [0.25, 0.3) is 0 Å². The molecule has 1 unspecified atom stereocenters. The number of ether oxygens (including phenoxy) is 1.